The maximum atomic E-state index is 13.3. The summed E-state index contributed by atoms with van der Waals surface area (Å²) in [6.07, 6.45) is 1.03. The van der Waals surface area contributed by atoms with Crippen molar-refractivity contribution in [2.24, 2.45) is 0 Å². The number of halogens is 2. The predicted octanol–water partition coefficient (Wildman–Crippen LogP) is 3.42. The van der Waals surface area contributed by atoms with E-state index in [1.165, 1.54) is 4.90 Å². The molecule has 0 fully saturated rings. The highest BCUT2D eigenvalue weighted by Crippen LogP contribution is 2.23. The first-order valence-electron chi connectivity index (χ1n) is 9.58. The molecule has 1 N–H and O–H groups in total. The second kappa shape index (κ2) is 11.0. The Bertz CT molecular complexity index is 1050. The summed E-state index contributed by atoms with van der Waals surface area (Å²) < 4.78 is 26.6. The molecule has 0 aliphatic carbocycles. The Labute approximate surface area is 196 Å². The van der Waals surface area contributed by atoms with Crippen molar-refractivity contribution in [1.82, 2.24) is 10.2 Å². The summed E-state index contributed by atoms with van der Waals surface area (Å²) in [7, 11) is -3.76. The average Bonchev–Trinajstić information content (AvgIpc) is 2.70. The van der Waals surface area contributed by atoms with E-state index in [9.17, 15) is 18.0 Å². The van der Waals surface area contributed by atoms with Crippen LogP contribution >= 0.6 is 27.5 Å². The normalized spacial score (nSPS) is 12.2. The molecule has 1 atom stereocenters. The van der Waals surface area contributed by atoms with Gasteiger partial charge in [-0.1, -0.05) is 51.8 Å². The lowest BCUT2D eigenvalue weighted by Crippen LogP contribution is -2.51. The first kappa shape index (κ1) is 25.2. The lowest BCUT2D eigenvalue weighted by molar-refractivity contribution is -0.139. The van der Waals surface area contributed by atoms with Crippen molar-refractivity contribution in [1.29, 1.82) is 0 Å². The first-order chi connectivity index (χ1) is 14.5. The number of hydrogen-bond acceptors (Lipinski definition) is 4. The number of benzene rings is 2. The topological polar surface area (TPSA) is 86.8 Å². The Morgan fingerprint density at radius 2 is 1.84 bits per heavy atom. The number of rotatable bonds is 9. The van der Waals surface area contributed by atoms with Crippen molar-refractivity contribution >= 4 is 55.1 Å². The highest BCUT2D eigenvalue weighted by molar-refractivity contribution is 9.10. The average molecular weight is 531 g/mol. The van der Waals surface area contributed by atoms with Crippen molar-refractivity contribution in [3.63, 3.8) is 0 Å². The highest BCUT2D eigenvalue weighted by atomic mass is 79.9. The van der Waals surface area contributed by atoms with Gasteiger partial charge in [0.25, 0.3) is 0 Å². The number of nitrogens with one attached hydrogen (secondary N) is 1. The zero-order chi connectivity index (χ0) is 23.2. The van der Waals surface area contributed by atoms with E-state index in [-0.39, 0.29) is 12.5 Å². The van der Waals surface area contributed by atoms with Gasteiger partial charge in [0.1, 0.15) is 12.6 Å². The van der Waals surface area contributed by atoms with Gasteiger partial charge in [0.05, 0.1) is 11.9 Å². The molecule has 0 heterocycles. The quantitative estimate of drug-likeness (QED) is 0.538. The van der Waals surface area contributed by atoms with Crippen molar-refractivity contribution in [3.8, 4) is 0 Å². The number of hydrogen-bond donors (Lipinski definition) is 1. The molecular weight excluding hydrogens is 506 g/mol. The van der Waals surface area contributed by atoms with Gasteiger partial charge in [0.15, 0.2) is 0 Å². The van der Waals surface area contributed by atoms with Crippen LogP contribution in [0.25, 0.3) is 0 Å². The minimum Gasteiger partial charge on any atom is -0.355 e. The van der Waals surface area contributed by atoms with Gasteiger partial charge in [-0.3, -0.25) is 13.9 Å². The number of carbonyl (C=O) groups excluding carboxylic acids is 2. The zero-order valence-corrected chi connectivity index (χ0v) is 20.7. The third kappa shape index (κ3) is 6.95. The molecule has 0 radical (unpaired) electrons. The molecule has 2 amide bonds. The summed E-state index contributed by atoms with van der Waals surface area (Å²) in [5, 5.41) is 3.15. The van der Waals surface area contributed by atoms with Gasteiger partial charge in [-0.25, -0.2) is 8.42 Å². The SMILES string of the molecule is CCNC(=O)[C@H](C)N(Cc1ccccc1Cl)C(=O)CN(c1cccc(Br)c1)S(C)(=O)=O. The summed E-state index contributed by atoms with van der Waals surface area (Å²) in [5.74, 6) is -0.861. The Hall–Kier alpha value is -2.10. The van der Waals surface area contributed by atoms with Gasteiger partial charge in [0, 0.05) is 22.6 Å². The number of nitrogens with zero attached hydrogens (tertiary/aromatic N) is 2. The predicted molar refractivity (Wildman–Crippen MR) is 126 cm³/mol. The number of sulfonamides is 1. The molecule has 0 saturated carbocycles. The molecule has 168 valence electrons. The Morgan fingerprint density at radius 3 is 2.42 bits per heavy atom. The fourth-order valence-electron chi connectivity index (χ4n) is 2.96. The number of likely N-dealkylation sites (N-methyl/N-ethyl adjacent to an activating group) is 1. The highest BCUT2D eigenvalue weighted by Gasteiger charge is 2.30. The molecule has 7 nitrogen and oxygen atoms in total. The molecular formula is C21H25BrClN3O4S. The summed E-state index contributed by atoms with van der Waals surface area (Å²) >= 11 is 9.58. The molecule has 2 aromatic carbocycles. The van der Waals surface area contributed by atoms with Gasteiger partial charge in [-0.05, 0) is 43.7 Å². The minimum atomic E-state index is -3.76. The van der Waals surface area contributed by atoms with E-state index in [1.807, 2.05) is 0 Å². The lowest BCUT2D eigenvalue weighted by Gasteiger charge is -2.31. The second-order valence-corrected chi connectivity index (χ2v) is 10.2. The molecule has 0 saturated heterocycles. The van der Waals surface area contributed by atoms with Crippen molar-refractivity contribution < 1.29 is 18.0 Å². The van der Waals surface area contributed by atoms with Crippen molar-refractivity contribution in [2.75, 3.05) is 23.7 Å². The molecule has 0 aromatic heterocycles. The van der Waals surface area contributed by atoms with Gasteiger partial charge in [-0.2, -0.15) is 0 Å². The molecule has 0 bridgehead atoms. The van der Waals surface area contributed by atoms with Crippen LogP contribution in [0.5, 0.6) is 0 Å². The number of anilines is 1. The van der Waals surface area contributed by atoms with Crippen LogP contribution < -0.4 is 9.62 Å². The smallest absolute Gasteiger partial charge is 0.244 e. The molecule has 0 spiro atoms. The van der Waals surface area contributed by atoms with Gasteiger partial charge >= 0.3 is 0 Å². The Balaban J connectivity index is 2.40. The number of carbonyl (C=O) groups is 2. The summed E-state index contributed by atoms with van der Waals surface area (Å²) in [4.78, 5) is 27.1. The summed E-state index contributed by atoms with van der Waals surface area (Å²) in [6, 6.07) is 12.8. The van der Waals surface area contributed by atoms with E-state index in [1.54, 1.807) is 62.4 Å². The first-order valence-corrected chi connectivity index (χ1v) is 12.6. The van der Waals surface area contributed by atoms with Gasteiger partial charge < -0.3 is 10.2 Å². The molecule has 2 rings (SSSR count). The Kier molecular flexibility index (Phi) is 8.90. The van der Waals surface area contributed by atoms with Crippen LogP contribution in [0.2, 0.25) is 5.02 Å². The molecule has 10 heteroatoms. The van der Waals surface area contributed by atoms with Crippen LogP contribution in [0.15, 0.2) is 53.0 Å². The Morgan fingerprint density at radius 1 is 1.16 bits per heavy atom. The van der Waals surface area contributed by atoms with Gasteiger partial charge in [0.2, 0.25) is 21.8 Å². The van der Waals surface area contributed by atoms with E-state index < -0.39 is 28.5 Å². The van der Waals surface area contributed by atoms with Crippen LogP contribution in [0.1, 0.15) is 19.4 Å². The van der Waals surface area contributed by atoms with Crippen LogP contribution in [-0.4, -0.2) is 50.5 Å². The van der Waals surface area contributed by atoms with E-state index in [4.69, 9.17) is 11.6 Å². The van der Waals surface area contributed by atoms with Crippen LogP contribution in [0, 0.1) is 0 Å². The molecule has 31 heavy (non-hydrogen) atoms. The monoisotopic (exact) mass is 529 g/mol. The van der Waals surface area contributed by atoms with E-state index in [0.29, 0.717) is 27.3 Å². The van der Waals surface area contributed by atoms with E-state index in [0.717, 1.165) is 10.6 Å². The fraction of sp³-hybridized carbons (Fsp3) is 0.333. The minimum absolute atomic E-state index is 0.0624. The summed E-state index contributed by atoms with van der Waals surface area (Å²) in [5.41, 5.74) is 0.996. The maximum absolute atomic E-state index is 13.3. The molecule has 0 aliphatic rings. The molecule has 2 aromatic rings. The largest absolute Gasteiger partial charge is 0.355 e. The molecule has 0 aliphatic heterocycles. The van der Waals surface area contributed by atoms with Crippen molar-refractivity contribution in [2.45, 2.75) is 26.4 Å². The second-order valence-electron chi connectivity index (χ2n) is 6.93. The maximum Gasteiger partial charge on any atom is 0.244 e. The van der Waals surface area contributed by atoms with Gasteiger partial charge in [-0.15, -0.1) is 0 Å². The molecule has 0 unspecified atom stereocenters. The van der Waals surface area contributed by atoms with E-state index >= 15 is 0 Å². The summed E-state index contributed by atoms with van der Waals surface area (Å²) in [6.45, 7) is 3.40. The third-order valence-corrected chi connectivity index (χ3v) is 6.59. The fourth-order valence-corrected chi connectivity index (χ4v) is 4.38. The lowest BCUT2D eigenvalue weighted by atomic mass is 10.1. The van der Waals surface area contributed by atoms with Crippen LogP contribution in [0.3, 0.4) is 0 Å². The van der Waals surface area contributed by atoms with Crippen LogP contribution in [-0.2, 0) is 26.2 Å². The number of amides is 2. The zero-order valence-electron chi connectivity index (χ0n) is 17.5. The third-order valence-electron chi connectivity index (χ3n) is 4.59. The van der Waals surface area contributed by atoms with Crippen LogP contribution in [0.4, 0.5) is 5.69 Å². The van der Waals surface area contributed by atoms with E-state index in [2.05, 4.69) is 21.2 Å². The van der Waals surface area contributed by atoms with Crippen molar-refractivity contribution in [3.05, 3.63) is 63.6 Å². The standard InChI is InChI=1S/C21H25BrClN3O4S/c1-4-24-21(28)15(2)25(13-16-8-5-6-11-19(16)23)20(27)14-26(31(3,29)30)18-10-7-9-17(22)12-18/h5-12,15H,4,13-14H2,1-3H3,(H,24,28)/t15-/m0/s1.